The molecule has 1 atom stereocenters. The molecule has 148 valence electrons. The Bertz CT molecular complexity index is 1140. The molecule has 7 nitrogen and oxygen atoms in total. The Morgan fingerprint density at radius 3 is 2.59 bits per heavy atom. The van der Waals surface area contributed by atoms with Crippen LogP contribution in [0.15, 0.2) is 51.7 Å². The van der Waals surface area contributed by atoms with Crippen molar-refractivity contribution in [3.05, 3.63) is 69.6 Å². The Labute approximate surface area is 166 Å². The van der Waals surface area contributed by atoms with Crippen molar-refractivity contribution in [1.29, 1.82) is 5.26 Å². The average Bonchev–Trinajstić information content (AvgIpc) is 2.71. The SMILES string of the molecule is CCc1cc2c(COC(=O)[C@@H](C)Oc3ccc(C#N)cc3)cc(=O)oc2cc1O. The highest BCUT2D eigenvalue weighted by molar-refractivity contribution is 5.83. The lowest BCUT2D eigenvalue weighted by molar-refractivity contribution is -0.152. The minimum absolute atomic E-state index is 0.0433. The van der Waals surface area contributed by atoms with Crippen LogP contribution in [-0.2, 0) is 22.6 Å². The number of aryl methyl sites for hydroxylation is 1. The number of aromatic hydroxyl groups is 1. The Kier molecular flexibility index (Phi) is 5.84. The van der Waals surface area contributed by atoms with Gasteiger partial charge in [-0.1, -0.05) is 6.92 Å². The van der Waals surface area contributed by atoms with Gasteiger partial charge in [0.2, 0.25) is 0 Å². The van der Waals surface area contributed by atoms with Gasteiger partial charge in [-0.25, -0.2) is 9.59 Å². The zero-order valence-electron chi connectivity index (χ0n) is 16.0. The van der Waals surface area contributed by atoms with Crippen molar-refractivity contribution in [2.24, 2.45) is 0 Å². The van der Waals surface area contributed by atoms with E-state index in [0.29, 0.717) is 34.2 Å². The van der Waals surface area contributed by atoms with Gasteiger partial charge in [-0.05, 0) is 49.2 Å². The van der Waals surface area contributed by atoms with Crippen LogP contribution < -0.4 is 10.4 Å². The highest BCUT2D eigenvalue weighted by Crippen LogP contribution is 2.27. The van der Waals surface area contributed by atoms with E-state index < -0.39 is 17.7 Å². The van der Waals surface area contributed by atoms with Gasteiger partial charge >= 0.3 is 11.6 Å². The monoisotopic (exact) mass is 393 g/mol. The van der Waals surface area contributed by atoms with Crippen LogP contribution in [0.1, 0.15) is 30.5 Å². The van der Waals surface area contributed by atoms with E-state index in [1.807, 2.05) is 13.0 Å². The minimum atomic E-state index is -0.885. The molecular formula is C22H19NO6. The molecule has 0 spiro atoms. The molecule has 0 saturated carbocycles. The van der Waals surface area contributed by atoms with E-state index in [1.165, 1.54) is 12.1 Å². The number of carbonyl (C=O) groups excluding carboxylic acids is 1. The minimum Gasteiger partial charge on any atom is -0.508 e. The van der Waals surface area contributed by atoms with Crippen LogP contribution in [0.25, 0.3) is 11.0 Å². The second kappa shape index (κ2) is 8.48. The second-order valence-electron chi connectivity index (χ2n) is 6.43. The number of fused-ring (bicyclic) bond motifs is 1. The molecule has 3 rings (SSSR count). The van der Waals surface area contributed by atoms with Crippen LogP contribution in [0.5, 0.6) is 11.5 Å². The first-order valence-electron chi connectivity index (χ1n) is 9.03. The predicted octanol–water partition coefficient (Wildman–Crippen LogP) is 3.44. The smallest absolute Gasteiger partial charge is 0.347 e. The van der Waals surface area contributed by atoms with Crippen molar-refractivity contribution in [3.8, 4) is 17.6 Å². The molecule has 3 aromatic rings. The van der Waals surface area contributed by atoms with Crippen LogP contribution in [0, 0.1) is 11.3 Å². The number of hydrogen-bond acceptors (Lipinski definition) is 7. The van der Waals surface area contributed by atoms with Gasteiger partial charge in [0.1, 0.15) is 23.7 Å². The number of carbonyl (C=O) groups is 1. The maximum absolute atomic E-state index is 12.3. The summed E-state index contributed by atoms with van der Waals surface area (Å²) in [7, 11) is 0. The number of nitriles is 1. The molecule has 0 aliphatic rings. The van der Waals surface area contributed by atoms with Crippen LogP contribution in [0.4, 0.5) is 0 Å². The van der Waals surface area contributed by atoms with Gasteiger partial charge in [-0.2, -0.15) is 5.26 Å². The number of benzene rings is 2. The molecule has 7 heteroatoms. The van der Waals surface area contributed by atoms with Crippen molar-refractivity contribution in [3.63, 3.8) is 0 Å². The van der Waals surface area contributed by atoms with E-state index in [4.69, 9.17) is 19.2 Å². The Morgan fingerprint density at radius 2 is 1.93 bits per heavy atom. The summed E-state index contributed by atoms with van der Waals surface area (Å²) in [5, 5.41) is 19.4. The summed E-state index contributed by atoms with van der Waals surface area (Å²) in [5.74, 6) is -0.130. The van der Waals surface area contributed by atoms with Crippen LogP contribution in [0.3, 0.4) is 0 Å². The normalized spacial score (nSPS) is 11.6. The van der Waals surface area contributed by atoms with Crippen LogP contribution in [0.2, 0.25) is 0 Å². The highest BCUT2D eigenvalue weighted by atomic mass is 16.6. The number of esters is 1. The van der Waals surface area contributed by atoms with E-state index in [-0.39, 0.29) is 17.9 Å². The summed E-state index contributed by atoms with van der Waals surface area (Å²) in [6.45, 7) is 3.29. The first-order valence-corrected chi connectivity index (χ1v) is 9.03. The predicted molar refractivity (Wildman–Crippen MR) is 105 cm³/mol. The quantitative estimate of drug-likeness (QED) is 0.504. The van der Waals surface area contributed by atoms with Crippen molar-refractivity contribution in [2.75, 3.05) is 0 Å². The van der Waals surface area contributed by atoms with Crippen molar-refractivity contribution in [1.82, 2.24) is 0 Å². The van der Waals surface area contributed by atoms with E-state index in [0.717, 1.165) is 0 Å². The molecule has 1 N–H and O–H groups in total. The Balaban J connectivity index is 1.74. The third kappa shape index (κ3) is 4.55. The van der Waals surface area contributed by atoms with Gasteiger partial charge in [0.25, 0.3) is 0 Å². The third-order valence-corrected chi connectivity index (χ3v) is 4.41. The average molecular weight is 393 g/mol. The molecular weight excluding hydrogens is 374 g/mol. The fourth-order valence-corrected chi connectivity index (χ4v) is 2.84. The lowest BCUT2D eigenvalue weighted by atomic mass is 10.0. The van der Waals surface area contributed by atoms with Gasteiger partial charge < -0.3 is 19.0 Å². The van der Waals surface area contributed by atoms with E-state index in [1.54, 1.807) is 37.3 Å². The summed E-state index contributed by atoms with van der Waals surface area (Å²) in [6.07, 6.45) is -0.292. The summed E-state index contributed by atoms with van der Waals surface area (Å²) in [5.41, 5.74) is 1.27. The molecule has 0 saturated heterocycles. The van der Waals surface area contributed by atoms with Crippen LogP contribution in [-0.4, -0.2) is 17.2 Å². The molecule has 0 amide bonds. The molecule has 0 aliphatic heterocycles. The molecule has 0 aliphatic carbocycles. The van der Waals surface area contributed by atoms with E-state index >= 15 is 0 Å². The maximum atomic E-state index is 12.3. The second-order valence-corrected chi connectivity index (χ2v) is 6.43. The Morgan fingerprint density at radius 1 is 1.21 bits per heavy atom. The summed E-state index contributed by atoms with van der Waals surface area (Å²) in [4.78, 5) is 24.1. The largest absolute Gasteiger partial charge is 0.508 e. The maximum Gasteiger partial charge on any atom is 0.347 e. The number of phenolic OH excluding ortho intramolecular Hbond substituents is 1. The molecule has 0 radical (unpaired) electrons. The van der Waals surface area contributed by atoms with E-state index in [9.17, 15) is 14.7 Å². The first kappa shape index (κ1) is 20.0. The molecule has 1 aromatic heterocycles. The van der Waals surface area contributed by atoms with Crippen LogP contribution >= 0.6 is 0 Å². The first-order chi connectivity index (χ1) is 13.9. The van der Waals surface area contributed by atoms with Crippen molar-refractivity contribution in [2.45, 2.75) is 33.0 Å². The zero-order valence-corrected chi connectivity index (χ0v) is 16.0. The highest BCUT2D eigenvalue weighted by Gasteiger charge is 2.18. The zero-order chi connectivity index (χ0) is 21.0. The van der Waals surface area contributed by atoms with E-state index in [2.05, 4.69) is 0 Å². The fraction of sp³-hybridized carbons (Fsp3) is 0.227. The molecule has 0 fully saturated rings. The summed E-state index contributed by atoms with van der Waals surface area (Å²) in [6, 6.07) is 12.7. The number of hydrogen-bond donors (Lipinski definition) is 1. The van der Waals surface area contributed by atoms with Crippen molar-refractivity contribution < 1.29 is 23.8 Å². The number of rotatable bonds is 6. The number of ether oxygens (including phenoxy) is 2. The van der Waals surface area contributed by atoms with Gasteiger partial charge in [0.05, 0.1) is 11.6 Å². The molecule has 29 heavy (non-hydrogen) atoms. The van der Waals surface area contributed by atoms with Gasteiger partial charge in [0.15, 0.2) is 6.10 Å². The van der Waals surface area contributed by atoms with Gasteiger partial charge in [-0.15, -0.1) is 0 Å². The topological polar surface area (TPSA) is 110 Å². The van der Waals surface area contributed by atoms with Gasteiger partial charge in [0, 0.05) is 23.1 Å². The summed E-state index contributed by atoms with van der Waals surface area (Å²) < 4.78 is 16.0. The standard InChI is InChI=1S/C22H19NO6/c1-3-15-8-18-16(9-21(25)29-20(18)10-19(15)24)12-27-22(26)13(2)28-17-6-4-14(11-23)5-7-17/h4-10,13,24H,3,12H2,1-2H3/t13-/m1/s1. The Hall–Kier alpha value is -3.79. The van der Waals surface area contributed by atoms with Crippen molar-refractivity contribution >= 4 is 16.9 Å². The van der Waals surface area contributed by atoms with Gasteiger partial charge in [-0.3, -0.25) is 0 Å². The third-order valence-electron chi connectivity index (χ3n) is 4.41. The lowest BCUT2D eigenvalue weighted by Crippen LogP contribution is -2.26. The number of nitrogens with zero attached hydrogens (tertiary/aromatic N) is 1. The fourth-order valence-electron chi connectivity index (χ4n) is 2.84. The summed E-state index contributed by atoms with van der Waals surface area (Å²) >= 11 is 0. The molecule has 2 aromatic carbocycles. The molecule has 1 heterocycles. The number of phenols is 1. The molecule has 0 bridgehead atoms. The molecule has 0 unspecified atom stereocenters. The lowest BCUT2D eigenvalue weighted by Gasteiger charge is -2.14.